The fraction of sp³-hybridized carbons (Fsp3) is 0.409. The molecule has 0 bridgehead atoms. The number of fused-ring (bicyclic) bond motifs is 1. The van der Waals surface area contributed by atoms with Crippen molar-refractivity contribution < 1.29 is 24.5 Å². The summed E-state index contributed by atoms with van der Waals surface area (Å²) in [6.45, 7) is 1.39. The van der Waals surface area contributed by atoms with Gasteiger partial charge in [0, 0.05) is 18.5 Å². The maximum atomic E-state index is 13.3. The van der Waals surface area contributed by atoms with Crippen LogP contribution in [-0.2, 0) is 6.42 Å². The number of aliphatic hydroxyl groups excluding tert-OH is 2. The molecule has 2 aliphatic rings. The number of nitrogens with zero attached hydrogens (tertiary/aromatic N) is 1. The molecule has 0 radical (unpaired) electrons. The van der Waals surface area contributed by atoms with Crippen LogP contribution in [0.5, 0.6) is 11.5 Å². The molecule has 1 amide bonds. The molecule has 0 unspecified atom stereocenters. The first kappa shape index (κ1) is 18.8. The molecule has 6 nitrogen and oxygen atoms in total. The number of hydrogen-bond donors (Lipinski definition) is 2. The van der Waals surface area contributed by atoms with Crippen molar-refractivity contribution in [2.24, 2.45) is 5.41 Å². The van der Waals surface area contributed by atoms with E-state index < -0.39 is 11.5 Å². The minimum Gasteiger partial charge on any atom is -0.486 e. The van der Waals surface area contributed by atoms with E-state index in [1.54, 1.807) is 23.1 Å². The SMILES string of the molecule is O=C(c1cccc2c1OCCO2)N1CC[C@H](O)[C@](CO)(Cc2ccccc2)C1. The fourth-order valence-corrected chi connectivity index (χ4v) is 4.12. The van der Waals surface area contributed by atoms with Gasteiger partial charge in [-0.2, -0.15) is 0 Å². The summed E-state index contributed by atoms with van der Waals surface area (Å²) in [6, 6.07) is 15.1. The van der Waals surface area contributed by atoms with Crippen molar-refractivity contribution in [3.63, 3.8) is 0 Å². The lowest BCUT2D eigenvalue weighted by Crippen LogP contribution is -2.56. The summed E-state index contributed by atoms with van der Waals surface area (Å²) in [6.07, 6.45) is 0.249. The number of carbonyl (C=O) groups is 1. The Balaban J connectivity index is 1.60. The molecular weight excluding hydrogens is 358 g/mol. The molecule has 28 heavy (non-hydrogen) atoms. The van der Waals surface area contributed by atoms with Crippen LogP contribution in [0.25, 0.3) is 0 Å². The lowest BCUT2D eigenvalue weighted by molar-refractivity contribution is -0.0669. The number of piperidine rings is 1. The summed E-state index contributed by atoms with van der Waals surface area (Å²) in [5.74, 6) is 0.884. The summed E-state index contributed by atoms with van der Waals surface area (Å²) in [4.78, 5) is 15.0. The van der Waals surface area contributed by atoms with Gasteiger partial charge >= 0.3 is 0 Å². The van der Waals surface area contributed by atoms with Crippen LogP contribution in [0.1, 0.15) is 22.3 Å². The fourth-order valence-electron chi connectivity index (χ4n) is 4.12. The molecule has 1 saturated heterocycles. The predicted octanol–water partition coefficient (Wildman–Crippen LogP) is 1.89. The second-order valence-corrected chi connectivity index (χ2v) is 7.54. The molecule has 2 aromatic rings. The highest BCUT2D eigenvalue weighted by atomic mass is 16.6. The minimum absolute atomic E-state index is 0.167. The third kappa shape index (κ3) is 3.45. The number of aliphatic hydroxyl groups is 2. The number of carbonyl (C=O) groups excluding carboxylic acids is 1. The highest BCUT2D eigenvalue weighted by Crippen LogP contribution is 2.38. The summed E-state index contributed by atoms with van der Waals surface area (Å²) in [7, 11) is 0. The van der Waals surface area contributed by atoms with Crippen molar-refractivity contribution in [1.82, 2.24) is 4.90 Å². The predicted molar refractivity (Wildman–Crippen MR) is 104 cm³/mol. The highest BCUT2D eigenvalue weighted by molar-refractivity contribution is 5.98. The number of para-hydroxylation sites is 1. The first-order valence-electron chi connectivity index (χ1n) is 9.64. The van der Waals surface area contributed by atoms with Gasteiger partial charge in [-0.3, -0.25) is 4.79 Å². The Bertz CT molecular complexity index is 840. The summed E-state index contributed by atoms with van der Waals surface area (Å²) < 4.78 is 11.3. The number of hydrogen-bond acceptors (Lipinski definition) is 5. The van der Waals surface area contributed by atoms with Gasteiger partial charge in [-0.15, -0.1) is 0 Å². The van der Waals surface area contributed by atoms with E-state index in [1.807, 2.05) is 30.3 Å². The number of amides is 1. The van der Waals surface area contributed by atoms with Crippen LogP contribution >= 0.6 is 0 Å². The zero-order valence-electron chi connectivity index (χ0n) is 15.7. The van der Waals surface area contributed by atoms with Crippen LogP contribution in [0.2, 0.25) is 0 Å². The van der Waals surface area contributed by atoms with Gasteiger partial charge in [0.2, 0.25) is 0 Å². The average Bonchev–Trinajstić information content (AvgIpc) is 2.75. The first-order valence-corrected chi connectivity index (χ1v) is 9.64. The molecule has 0 spiro atoms. The Hall–Kier alpha value is -2.57. The van der Waals surface area contributed by atoms with Crippen LogP contribution in [0, 0.1) is 5.41 Å². The smallest absolute Gasteiger partial charge is 0.257 e. The molecular formula is C22H25NO5. The normalized spacial score (nSPS) is 24.1. The second kappa shape index (κ2) is 7.81. The van der Waals surface area contributed by atoms with Gasteiger partial charge in [0.1, 0.15) is 13.2 Å². The van der Waals surface area contributed by atoms with Crippen LogP contribution in [-0.4, -0.2) is 60.0 Å². The molecule has 0 aromatic heterocycles. The largest absolute Gasteiger partial charge is 0.486 e. The van der Waals surface area contributed by atoms with E-state index in [0.717, 1.165) is 5.56 Å². The standard InChI is InChI=1S/C22H25NO5/c24-15-22(13-16-5-2-1-3-6-16)14-23(10-9-19(22)25)21(26)17-7-4-8-18-20(17)28-12-11-27-18/h1-8,19,24-25H,9-15H2/t19-,22+/m0/s1. The Labute approximate surface area is 164 Å². The average molecular weight is 383 g/mol. The van der Waals surface area contributed by atoms with E-state index in [4.69, 9.17) is 9.47 Å². The number of ether oxygens (including phenoxy) is 2. The quantitative estimate of drug-likeness (QED) is 0.843. The summed E-state index contributed by atoms with van der Waals surface area (Å²) >= 11 is 0. The molecule has 2 heterocycles. The second-order valence-electron chi connectivity index (χ2n) is 7.54. The van der Waals surface area contributed by atoms with Crippen LogP contribution in [0.15, 0.2) is 48.5 Å². The number of benzene rings is 2. The lowest BCUT2D eigenvalue weighted by atomic mass is 9.73. The Morgan fingerprint density at radius 2 is 1.89 bits per heavy atom. The van der Waals surface area contributed by atoms with Gasteiger partial charge < -0.3 is 24.6 Å². The van der Waals surface area contributed by atoms with E-state index >= 15 is 0 Å². The lowest BCUT2D eigenvalue weighted by Gasteiger charge is -2.45. The maximum Gasteiger partial charge on any atom is 0.257 e. The topological polar surface area (TPSA) is 79.2 Å². The molecule has 2 aromatic carbocycles. The van der Waals surface area contributed by atoms with Crippen LogP contribution in [0.3, 0.4) is 0 Å². The first-order chi connectivity index (χ1) is 13.6. The van der Waals surface area contributed by atoms with Gasteiger partial charge in [0.25, 0.3) is 5.91 Å². The zero-order chi connectivity index (χ0) is 19.6. The van der Waals surface area contributed by atoms with Crippen molar-refractivity contribution >= 4 is 5.91 Å². The molecule has 1 fully saturated rings. The Kier molecular flexibility index (Phi) is 5.24. The van der Waals surface area contributed by atoms with Gasteiger partial charge in [0.05, 0.1) is 18.3 Å². The minimum atomic E-state index is -0.790. The molecule has 148 valence electrons. The molecule has 2 aliphatic heterocycles. The van der Waals surface area contributed by atoms with Gasteiger partial charge in [-0.25, -0.2) is 0 Å². The molecule has 0 aliphatic carbocycles. The highest BCUT2D eigenvalue weighted by Gasteiger charge is 2.44. The van der Waals surface area contributed by atoms with Crippen LogP contribution < -0.4 is 9.47 Å². The van der Waals surface area contributed by atoms with E-state index in [9.17, 15) is 15.0 Å². The maximum absolute atomic E-state index is 13.3. The molecule has 2 N–H and O–H groups in total. The summed E-state index contributed by atoms with van der Waals surface area (Å²) in [5, 5.41) is 20.9. The van der Waals surface area contributed by atoms with Gasteiger partial charge in [-0.1, -0.05) is 36.4 Å². The molecule has 6 heteroatoms. The van der Waals surface area contributed by atoms with Crippen molar-refractivity contribution in [2.75, 3.05) is 32.9 Å². The van der Waals surface area contributed by atoms with E-state index in [0.29, 0.717) is 49.7 Å². The Morgan fingerprint density at radius 3 is 2.68 bits per heavy atom. The molecule has 4 rings (SSSR count). The molecule has 0 saturated carbocycles. The zero-order valence-corrected chi connectivity index (χ0v) is 15.7. The van der Waals surface area contributed by atoms with Gasteiger partial charge in [-0.05, 0) is 30.5 Å². The summed E-state index contributed by atoms with van der Waals surface area (Å²) in [5.41, 5.74) is 0.695. The van der Waals surface area contributed by atoms with Crippen molar-refractivity contribution in [1.29, 1.82) is 0 Å². The van der Waals surface area contributed by atoms with Crippen LogP contribution in [0.4, 0.5) is 0 Å². The van der Waals surface area contributed by atoms with E-state index in [-0.39, 0.29) is 19.1 Å². The van der Waals surface area contributed by atoms with E-state index in [1.165, 1.54) is 0 Å². The molecule has 2 atom stereocenters. The van der Waals surface area contributed by atoms with E-state index in [2.05, 4.69) is 0 Å². The van der Waals surface area contributed by atoms with Crippen molar-refractivity contribution in [3.8, 4) is 11.5 Å². The third-order valence-corrected chi connectivity index (χ3v) is 5.68. The Morgan fingerprint density at radius 1 is 1.11 bits per heavy atom. The number of likely N-dealkylation sites (tertiary alicyclic amines) is 1. The van der Waals surface area contributed by atoms with Crippen molar-refractivity contribution in [3.05, 3.63) is 59.7 Å². The van der Waals surface area contributed by atoms with Gasteiger partial charge in [0.15, 0.2) is 11.5 Å². The third-order valence-electron chi connectivity index (χ3n) is 5.68. The number of rotatable bonds is 4. The monoisotopic (exact) mass is 383 g/mol. The van der Waals surface area contributed by atoms with Crippen molar-refractivity contribution in [2.45, 2.75) is 18.9 Å².